The maximum atomic E-state index is 13.7. The normalized spacial score (nSPS) is 17.5. The molecule has 34 heavy (non-hydrogen) atoms. The first-order valence-electron chi connectivity index (χ1n) is 11.6. The number of halogens is 1. The lowest BCUT2D eigenvalue weighted by Gasteiger charge is -2.26. The zero-order chi connectivity index (χ0) is 23.8. The van der Waals surface area contributed by atoms with Crippen molar-refractivity contribution in [3.63, 3.8) is 0 Å². The molecule has 2 aliphatic heterocycles. The van der Waals surface area contributed by atoms with Crippen molar-refractivity contribution in [1.82, 2.24) is 19.8 Å². The predicted molar refractivity (Wildman–Crippen MR) is 122 cm³/mol. The zero-order valence-corrected chi connectivity index (χ0v) is 19.5. The summed E-state index contributed by atoms with van der Waals surface area (Å²) in [4.78, 5) is 26.1. The molecule has 0 amide bonds. The van der Waals surface area contributed by atoms with Crippen LogP contribution in [-0.4, -0.2) is 105 Å². The highest BCUT2D eigenvalue weighted by Gasteiger charge is 2.21. The highest BCUT2D eigenvalue weighted by Crippen LogP contribution is 2.27. The molecule has 9 nitrogen and oxygen atoms in total. The molecule has 0 N–H and O–H groups in total. The fourth-order valence-electron chi connectivity index (χ4n) is 3.97. The SMILES string of the molecule is Cc1cc(F)ccc1-c1cnc(OCCN2CCOCC2)nc1C(=O)OCCN1CCOCC1. The van der Waals surface area contributed by atoms with Crippen LogP contribution in [0.2, 0.25) is 0 Å². The van der Waals surface area contributed by atoms with Gasteiger partial charge < -0.3 is 18.9 Å². The Morgan fingerprint density at radius 2 is 1.65 bits per heavy atom. The number of carbonyl (C=O) groups is 1. The molecule has 4 rings (SSSR count). The molecule has 0 unspecified atom stereocenters. The molecule has 2 aromatic rings. The summed E-state index contributed by atoms with van der Waals surface area (Å²) in [5, 5.41) is 0. The molecule has 1 aromatic heterocycles. The van der Waals surface area contributed by atoms with Crippen molar-refractivity contribution < 1.29 is 28.1 Å². The van der Waals surface area contributed by atoms with E-state index in [1.54, 1.807) is 13.0 Å². The van der Waals surface area contributed by atoms with E-state index in [4.69, 9.17) is 18.9 Å². The van der Waals surface area contributed by atoms with Crippen molar-refractivity contribution in [3.05, 3.63) is 41.5 Å². The number of ether oxygens (including phenoxy) is 4. The van der Waals surface area contributed by atoms with Gasteiger partial charge in [-0.1, -0.05) is 6.07 Å². The van der Waals surface area contributed by atoms with Gasteiger partial charge in [0, 0.05) is 51.0 Å². The number of morpholine rings is 2. The first-order valence-corrected chi connectivity index (χ1v) is 11.6. The van der Waals surface area contributed by atoms with Gasteiger partial charge in [-0.05, 0) is 30.2 Å². The number of hydrogen-bond donors (Lipinski definition) is 0. The standard InChI is InChI=1S/C24H31FN4O5/c1-18-16-19(25)2-3-20(18)21-17-26-24(34-15-9-29-6-12-32-13-7-29)27-22(21)23(30)33-14-8-28-4-10-31-11-5-28/h2-3,16-17H,4-15H2,1H3. The number of esters is 1. The number of carbonyl (C=O) groups excluding carboxylic acids is 1. The Morgan fingerprint density at radius 1 is 1.00 bits per heavy atom. The van der Waals surface area contributed by atoms with Crippen LogP contribution in [0.15, 0.2) is 24.4 Å². The number of benzene rings is 1. The Balaban J connectivity index is 1.46. The monoisotopic (exact) mass is 474 g/mol. The van der Waals surface area contributed by atoms with E-state index < -0.39 is 5.97 Å². The van der Waals surface area contributed by atoms with Crippen molar-refractivity contribution in [2.75, 3.05) is 78.9 Å². The van der Waals surface area contributed by atoms with Crippen LogP contribution in [0.1, 0.15) is 16.1 Å². The van der Waals surface area contributed by atoms with Crippen LogP contribution in [0.3, 0.4) is 0 Å². The number of hydrogen-bond acceptors (Lipinski definition) is 9. The lowest BCUT2D eigenvalue weighted by atomic mass is 10.0. The molecule has 0 radical (unpaired) electrons. The summed E-state index contributed by atoms with van der Waals surface area (Å²) in [5.41, 5.74) is 1.93. The van der Waals surface area contributed by atoms with Gasteiger partial charge >= 0.3 is 12.0 Å². The van der Waals surface area contributed by atoms with E-state index in [2.05, 4.69) is 19.8 Å². The second-order valence-corrected chi connectivity index (χ2v) is 8.27. The molecule has 0 aliphatic carbocycles. The van der Waals surface area contributed by atoms with Gasteiger partial charge in [0.1, 0.15) is 19.0 Å². The lowest BCUT2D eigenvalue weighted by Crippen LogP contribution is -2.38. The van der Waals surface area contributed by atoms with E-state index >= 15 is 0 Å². The van der Waals surface area contributed by atoms with Crippen molar-refractivity contribution in [1.29, 1.82) is 0 Å². The maximum Gasteiger partial charge on any atom is 0.357 e. The van der Waals surface area contributed by atoms with E-state index in [1.165, 1.54) is 18.3 Å². The summed E-state index contributed by atoms with van der Waals surface area (Å²) < 4.78 is 35.7. The summed E-state index contributed by atoms with van der Waals surface area (Å²) >= 11 is 0. The molecule has 0 saturated carbocycles. The maximum absolute atomic E-state index is 13.7. The van der Waals surface area contributed by atoms with Gasteiger partial charge in [-0.25, -0.2) is 14.2 Å². The molecule has 184 valence electrons. The summed E-state index contributed by atoms with van der Waals surface area (Å²) in [6, 6.07) is 4.49. The third-order valence-electron chi connectivity index (χ3n) is 5.93. The average molecular weight is 475 g/mol. The molecular weight excluding hydrogens is 443 g/mol. The number of aromatic nitrogens is 2. The van der Waals surface area contributed by atoms with Gasteiger partial charge in [0.2, 0.25) is 0 Å². The number of nitrogens with zero attached hydrogens (tertiary/aromatic N) is 4. The van der Waals surface area contributed by atoms with Crippen molar-refractivity contribution >= 4 is 5.97 Å². The second kappa shape index (κ2) is 12.2. The number of aryl methyl sites for hydroxylation is 1. The summed E-state index contributed by atoms with van der Waals surface area (Å²) in [5.74, 6) is -0.910. The molecule has 0 atom stereocenters. The minimum Gasteiger partial charge on any atom is -0.462 e. The van der Waals surface area contributed by atoms with E-state index in [1.807, 2.05) is 0 Å². The smallest absolute Gasteiger partial charge is 0.357 e. The third kappa shape index (κ3) is 6.69. The second-order valence-electron chi connectivity index (χ2n) is 8.27. The molecule has 2 aliphatic rings. The average Bonchev–Trinajstić information content (AvgIpc) is 2.85. The fourth-order valence-corrected chi connectivity index (χ4v) is 3.97. The molecule has 3 heterocycles. The lowest BCUT2D eigenvalue weighted by molar-refractivity contribution is 0.0192. The highest BCUT2D eigenvalue weighted by atomic mass is 19.1. The van der Waals surface area contributed by atoms with Crippen LogP contribution in [-0.2, 0) is 14.2 Å². The number of rotatable bonds is 9. The van der Waals surface area contributed by atoms with Crippen LogP contribution in [0.4, 0.5) is 4.39 Å². The molecule has 2 fully saturated rings. The van der Waals surface area contributed by atoms with Gasteiger partial charge in [-0.3, -0.25) is 9.80 Å². The first kappa shape index (κ1) is 24.5. The minimum atomic E-state index is -0.563. The van der Waals surface area contributed by atoms with Crippen LogP contribution in [0.25, 0.3) is 11.1 Å². The Hall–Kier alpha value is -2.66. The van der Waals surface area contributed by atoms with Crippen molar-refractivity contribution in [3.8, 4) is 17.1 Å². The van der Waals surface area contributed by atoms with Crippen LogP contribution < -0.4 is 4.74 Å². The molecule has 1 aromatic carbocycles. The van der Waals surface area contributed by atoms with Gasteiger partial charge in [0.15, 0.2) is 5.69 Å². The van der Waals surface area contributed by atoms with E-state index in [0.29, 0.717) is 62.8 Å². The predicted octanol–water partition coefficient (Wildman–Crippen LogP) is 1.79. The zero-order valence-electron chi connectivity index (χ0n) is 19.5. The first-order chi connectivity index (χ1) is 16.6. The molecular formula is C24H31FN4O5. The van der Waals surface area contributed by atoms with Gasteiger partial charge in [-0.15, -0.1) is 0 Å². The van der Waals surface area contributed by atoms with Crippen molar-refractivity contribution in [2.45, 2.75) is 6.92 Å². The topological polar surface area (TPSA) is 86.3 Å². The van der Waals surface area contributed by atoms with Gasteiger partial charge in [0.05, 0.1) is 26.4 Å². The Bertz CT molecular complexity index is 964. The third-order valence-corrected chi connectivity index (χ3v) is 5.93. The molecule has 10 heteroatoms. The van der Waals surface area contributed by atoms with E-state index in [0.717, 1.165) is 26.2 Å². The summed E-state index contributed by atoms with van der Waals surface area (Å²) in [6.45, 7) is 9.85. The van der Waals surface area contributed by atoms with Crippen molar-refractivity contribution in [2.24, 2.45) is 0 Å². The quantitative estimate of drug-likeness (QED) is 0.505. The molecule has 0 spiro atoms. The van der Waals surface area contributed by atoms with Crippen LogP contribution in [0, 0.1) is 12.7 Å². The summed E-state index contributed by atoms with van der Waals surface area (Å²) in [7, 11) is 0. The molecule has 2 saturated heterocycles. The Morgan fingerprint density at radius 3 is 2.29 bits per heavy atom. The molecule has 0 bridgehead atoms. The van der Waals surface area contributed by atoms with Gasteiger partial charge in [-0.2, -0.15) is 4.98 Å². The van der Waals surface area contributed by atoms with Crippen LogP contribution >= 0.6 is 0 Å². The highest BCUT2D eigenvalue weighted by molar-refractivity contribution is 5.95. The van der Waals surface area contributed by atoms with E-state index in [9.17, 15) is 9.18 Å². The Kier molecular flexibility index (Phi) is 8.75. The summed E-state index contributed by atoms with van der Waals surface area (Å²) in [6.07, 6.45) is 1.54. The van der Waals surface area contributed by atoms with Gasteiger partial charge in [0.25, 0.3) is 0 Å². The van der Waals surface area contributed by atoms with Crippen LogP contribution in [0.5, 0.6) is 6.01 Å². The Labute approximate surface area is 198 Å². The van der Waals surface area contributed by atoms with E-state index in [-0.39, 0.29) is 24.1 Å². The fraction of sp³-hybridized carbons (Fsp3) is 0.542. The largest absolute Gasteiger partial charge is 0.462 e. The minimum absolute atomic E-state index is 0.105.